The average molecular weight is 517 g/mol. The third kappa shape index (κ3) is 6.90. The Morgan fingerprint density at radius 1 is 0.971 bits per heavy atom. The fourth-order valence-electron chi connectivity index (χ4n) is 3.46. The molecule has 0 fully saturated rings. The molecule has 0 heterocycles. The number of anilines is 1. The van der Waals surface area contributed by atoms with Gasteiger partial charge in [0.1, 0.15) is 18.0 Å². The average Bonchev–Trinajstić information content (AvgIpc) is 2.85. The lowest BCUT2D eigenvalue weighted by atomic mass is 10.1. The summed E-state index contributed by atoms with van der Waals surface area (Å²) in [6, 6.07) is 18.8. The van der Waals surface area contributed by atoms with Gasteiger partial charge in [-0.3, -0.25) is 9.10 Å². The first-order chi connectivity index (χ1) is 16.7. The second-order valence-electron chi connectivity index (χ2n) is 7.95. The second kappa shape index (κ2) is 12.0. The number of halogens is 1. The molecule has 7 nitrogen and oxygen atoms in total. The molecule has 0 atom stereocenters. The highest BCUT2D eigenvalue weighted by atomic mass is 35.5. The van der Waals surface area contributed by atoms with Crippen LogP contribution < -0.4 is 19.1 Å². The van der Waals surface area contributed by atoms with Gasteiger partial charge in [-0.1, -0.05) is 41.4 Å². The van der Waals surface area contributed by atoms with Gasteiger partial charge in [-0.2, -0.15) is 0 Å². The molecule has 1 amide bonds. The zero-order chi connectivity index (χ0) is 25.4. The fourth-order valence-corrected chi connectivity index (χ4v) is 5.13. The molecule has 0 aliphatic carbocycles. The summed E-state index contributed by atoms with van der Waals surface area (Å²) in [5, 5.41) is 3.06. The predicted molar refractivity (Wildman–Crippen MR) is 138 cm³/mol. The van der Waals surface area contributed by atoms with E-state index in [1.165, 1.54) is 25.3 Å². The minimum Gasteiger partial charge on any atom is -0.497 e. The molecule has 3 aromatic carbocycles. The number of amides is 1. The Labute approximate surface area is 211 Å². The van der Waals surface area contributed by atoms with Crippen molar-refractivity contribution in [3.8, 4) is 11.5 Å². The lowest BCUT2D eigenvalue weighted by Gasteiger charge is -2.24. The summed E-state index contributed by atoms with van der Waals surface area (Å²) < 4.78 is 38.3. The number of hydrogen-bond acceptors (Lipinski definition) is 5. The number of aryl methyl sites for hydroxylation is 2. The van der Waals surface area contributed by atoms with E-state index in [1.54, 1.807) is 31.4 Å². The molecule has 0 radical (unpaired) electrons. The molecule has 1 N–H and O–H groups in total. The van der Waals surface area contributed by atoms with Gasteiger partial charge < -0.3 is 14.8 Å². The minimum atomic E-state index is -4.02. The molecule has 35 heavy (non-hydrogen) atoms. The summed E-state index contributed by atoms with van der Waals surface area (Å²) in [5.41, 5.74) is 2.32. The number of ether oxygens (including phenoxy) is 2. The highest BCUT2D eigenvalue weighted by Crippen LogP contribution is 2.32. The number of benzene rings is 3. The normalized spacial score (nSPS) is 11.1. The van der Waals surface area contributed by atoms with Crippen molar-refractivity contribution in [2.24, 2.45) is 0 Å². The van der Waals surface area contributed by atoms with Crippen LogP contribution in [0.5, 0.6) is 11.5 Å². The van der Waals surface area contributed by atoms with E-state index in [0.29, 0.717) is 18.7 Å². The monoisotopic (exact) mass is 516 g/mol. The fraction of sp³-hybridized carbons (Fsp3) is 0.269. The molecule has 3 aromatic rings. The van der Waals surface area contributed by atoms with Crippen LogP contribution in [0, 0.1) is 6.92 Å². The number of methoxy groups -OCH3 is 2. The molecule has 9 heteroatoms. The Balaban J connectivity index is 1.72. The van der Waals surface area contributed by atoms with Crippen molar-refractivity contribution in [1.29, 1.82) is 0 Å². The van der Waals surface area contributed by atoms with Gasteiger partial charge in [-0.15, -0.1) is 0 Å². The molecule has 0 spiro atoms. The predicted octanol–water partition coefficient (Wildman–Crippen LogP) is 4.61. The summed E-state index contributed by atoms with van der Waals surface area (Å²) in [4.78, 5) is 12.9. The number of rotatable bonds is 11. The van der Waals surface area contributed by atoms with Crippen molar-refractivity contribution in [2.75, 3.05) is 31.6 Å². The molecule has 0 aromatic heterocycles. The number of hydrogen-bond donors (Lipinski definition) is 1. The quantitative estimate of drug-likeness (QED) is 0.376. The molecular weight excluding hydrogens is 488 g/mol. The van der Waals surface area contributed by atoms with E-state index < -0.39 is 15.9 Å². The SMILES string of the molecule is COc1ccc(CCCNC(=O)CN(c2ccc(OC)c(Cl)c2)S(=O)(=O)c2ccc(C)cc2)cc1. The third-order valence-corrected chi connectivity index (χ3v) is 7.53. The summed E-state index contributed by atoms with van der Waals surface area (Å²) >= 11 is 6.25. The van der Waals surface area contributed by atoms with Gasteiger partial charge >= 0.3 is 0 Å². The minimum absolute atomic E-state index is 0.0855. The summed E-state index contributed by atoms with van der Waals surface area (Å²) in [5.74, 6) is 0.781. The molecule has 3 rings (SSSR count). The largest absolute Gasteiger partial charge is 0.497 e. The van der Waals surface area contributed by atoms with E-state index in [-0.39, 0.29) is 22.2 Å². The maximum absolute atomic E-state index is 13.5. The Morgan fingerprint density at radius 2 is 1.66 bits per heavy atom. The van der Waals surface area contributed by atoms with Crippen LogP contribution in [-0.4, -0.2) is 41.6 Å². The molecule has 0 unspecified atom stereocenters. The molecular formula is C26H29ClN2O5S. The van der Waals surface area contributed by atoms with Crippen LogP contribution in [-0.2, 0) is 21.2 Å². The van der Waals surface area contributed by atoms with E-state index in [9.17, 15) is 13.2 Å². The zero-order valence-corrected chi connectivity index (χ0v) is 21.5. The van der Waals surface area contributed by atoms with Gasteiger partial charge in [0.25, 0.3) is 10.0 Å². The van der Waals surface area contributed by atoms with Crippen LogP contribution in [0.3, 0.4) is 0 Å². The highest BCUT2D eigenvalue weighted by Gasteiger charge is 2.27. The molecule has 0 aliphatic rings. The smallest absolute Gasteiger partial charge is 0.264 e. The van der Waals surface area contributed by atoms with Crippen LogP contribution >= 0.6 is 11.6 Å². The van der Waals surface area contributed by atoms with E-state index in [2.05, 4.69) is 5.32 Å². The third-order valence-electron chi connectivity index (χ3n) is 5.44. The zero-order valence-electron chi connectivity index (χ0n) is 20.0. The van der Waals surface area contributed by atoms with E-state index in [4.69, 9.17) is 21.1 Å². The van der Waals surface area contributed by atoms with Crippen molar-refractivity contribution in [1.82, 2.24) is 5.32 Å². The van der Waals surface area contributed by atoms with Crippen molar-refractivity contribution >= 4 is 33.2 Å². The van der Waals surface area contributed by atoms with Gasteiger partial charge in [0.2, 0.25) is 5.91 Å². The van der Waals surface area contributed by atoms with Crippen LogP contribution in [0.4, 0.5) is 5.69 Å². The molecule has 0 saturated carbocycles. The number of nitrogens with zero attached hydrogens (tertiary/aromatic N) is 1. The molecule has 0 bridgehead atoms. The maximum atomic E-state index is 13.5. The summed E-state index contributed by atoms with van der Waals surface area (Å²) in [6.07, 6.45) is 1.47. The van der Waals surface area contributed by atoms with Gasteiger partial charge in [-0.05, 0) is 67.8 Å². The van der Waals surface area contributed by atoms with Crippen LogP contribution in [0.15, 0.2) is 71.6 Å². The number of carbonyl (C=O) groups excluding carboxylic acids is 1. The van der Waals surface area contributed by atoms with Crippen LogP contribution in [0.25, 0.3) is 0 Å². The summed E-state index contributed by atoms with van der Waals surface area (Å²) in [6.45, 7) is 1.89. The maximum Gasteiger partial charge on any atom is 0.264 e. The second-order valence-corrected chi connectivity index (χ2v) is 10.2. The number of carbonyl (C=O) groups is 1. The lowest BCUT2D eigenvalue weighted by Crippen LogP contribution is -2.41. The van der Waals surface area contributed by atoms with Crippen molar-refractivity contribution in [3.05, 3.63) is 82.9 Å². The van der Waals surface area contributed by atoms with Crippen molar-refractivity contribution < 1.29 is 22.7 Å². The Bertz CT molecular complexity index is 1250. The van der Waals surface area contributed by atoms with Crippen molar-refractivity contribution in [2.45, 2.75) is 24.7 Å². The Morgan fingerprint density at radius 3 is 2.26 bits per heavy atom. The topological polar surface area (TPSA) is 84.9 Å². The number of nitrogens with one attached hydrogen (secondary N) is 1. The highest BCUT2D eigenvalue weighted by molar-refractivity contribution is 7.92. The molecule has 0 aliphatic heterocycles. The first-order valence-electron chi connectivity index (χ1n) is 11.1. The lowest BCUT2D eigenvalue weighted by molar-refractivity contribution is -0.119. The van der Waals surface area contributed by atoms with E-state index in [0.717, 1.165) is 27.6 Å². The van der Waals surface area contributed by atoms with Crippen molar-refractivity contribution in [3.63, 3.8) is 0 Å². The Kier molecular flexibility index (Phi) is 9.01. The first-order valence-corrected chi connectivity index (χ1v) is 12.9. The molecule has 186 valence electrons. The van der Waals surface area contributed by atoms with E-state index >= 15 is 0 Å². The van der Waals surface area contributed by atoms with Gasteiger partial charge in [0, 0.05) is 6.54 Å². The Hall–Kier alpha value is -3.23. The van der Waals surface area contributed by atoms with Gasteiger partial charge in [0.05, 0.1) is 29.8 Å². The first kappa shape index (κ1) is 26.4. The van der Waals surface area contributed by atoms with Gasteiger partial charge in [0.15, 0.2) is 0 Å². The van der Waals surface area contributed by atoms with Gasteiger partial charge in [-0.25, -0.2) is 8.42 Å². The van der Waals surface area contributed by atoms with Crippen LogP contribution in [0.1, 0.15) is 17.5 Å². The molecule has 0 saturated heterocycles. The van der Waals surface area contributed by atoms with Crippen LogP contribution in [0.2, 0.25) is 5.02 Å². The standard InChI is InChI=1S/C26H29ClN2O5S/c1-19-6-13-23(14-7-19)35(31,32)29(21-10-15-25(34-3)24(27)17-21)18-26(30)28-16-4-5-20-8-11-22(33-2)12-9-20/h6-15,17H,4-5,16,18H2,1-3H3,(H,28,30). The van der Waals surface area contributed by atoms with E-state index in [1.807, 2.05) is 31.2 Å². The number of sulfonamides is 1. The summed E-state index contributed by atoms with van der Waals surface area (Å²) in [7, 11) is -0.930.